The fourth-order valence-corrected chi connectivity index (χ4v) is 7.19. The highest BCUT2D eigenvalue weighted by Crippen LogP contribution is 2.36. The van der Waals surface area contributed by atoms with E-state index in [1.807, 2.05) is 0 Å². The van der Waals surface area contributed by atoms with Crippen molar-refractivity contribution in [3.63, 3.8) is 0 Å². The normalized spacial score (nSPS) is 18.2. The molecule has 0 bridgehead atoms. The van der Waals surface area contributed by atoms with Crippen LogP contribution in [0.1, 0.15) is 31.4 Å². The zero-order chi connectivity index (χ0) is 24.6. The zero-order valence-corrected chi connectivity index (χ0v) is 22.2. The standard InChI is InChI=1S/C25H30BrN3O4S/c1-17-4-6-21(7-5-17)28-12-11-27(16-18(28)2)25(31)9-13-34(32,33)24-15-23-20(14-22(24)26)8-10-29(23)19(3)30/h4-7,14-15,18H,8-13,16H2,1-3H3/t18-/m0/s1. The van der Waals surface area contributed by atoms with Crippen LogP contribution in [-0.4, -0.2) is 63.1 Å². The third-order valence-corrected chi connectivity index (χ3v) is 9.34. The zero-order valence-electron chi connectivity index (χ0n) is 19.8. The van der Waals surface area contributed by atoms with Crippen LogP contribution in [0, 0.1) is 6.92 Å². The maximum absolute atomic E-state index is 13.1. The lowest BCUT2D eigenvalue weighted by atomic mass is 10.1. The first-order valence-electron chi connectivity index (χ1n) is 11.5. The van der Waals surface area contributed by atoms with Crippen molar-refractivity contribution in [3.05, 3.63) is 52.0 Å². The van der Waals surface area contributed by atoms with Gasteiger partial charge in [0.1, 0.15) is 0 Å². The Balaban J connectivity index is 1.41. The minimum Gasteiger partial charge on any atom is -0.365 e. The molecule has 2 aliphatic heterocycles. The number of rotatable bonds is 5. The Bertz CT molecular complexity index is 1210. The molecule has 0 spiro atoms. The third kappa shape index (κ3) is 5.00. The van der Waals surface area contributed by atoms with Crippen LogP contribution in [0.5, 0.6) is 0 Å². The molecule has 1 saturated heterocycles. The molecule has 2 amide bonds. The van der Waals surface area contributed by atoms with Crippen molar-refractivity contribution < 1.29 is 18.0 Å². The van der Waals surface area contributed by atoms with Crippen LogP contribution >= 0.6 is 15.9 Å². The summed E-state index contributed by atoms with van der Waals surface area (Å²) >= 11 is 3.38. The third-order valence-electron chi connectivity index (χ3n) is 6.67. The van der Waals surface area contributed by atoms with Crippen LogP contribution in [0.15, 0.2) is 45.8 Å². The van der Waals surface area contributed by atoms with E-state index in [9.17, 15) is 18.0 Å². The second-order valence-electron chi connectivity index (χ2n) is 9.12. The van der Waals surface area contributed by atoms with Gasteiger partial charge in [0.25, 0.3) is 0 Å². The van der Waals surface area contributed by atoms with E-state index in [0.29, 0.717) is 42.8 Å². The van der Waals surface area contributed by atoms with Crippen LogP contribution in [0.3, 0.4) is 0 Å². The highest BCUT2D eigenvalue weighted by molar-refractivity contribution is 9.10. The molecular formula is C25H30BrN3O4S. The molecule has 0 unspecified atom stereocenters. The number of carbonyl (C=O) groups is 2. The van der Waals surface area contributed by atoms with E-state index in [1.165, 1.54) is 12.5 Å². The summed E-state index contributed by atoms with van der Waals surface area (Å²) in [5.41, 5.74) is 3.92. The van der Waals surface area contributed by atoms with E-state index >= 15 is 0 Å². The minimum atomic E-state index is -3.71. The topological polar surface area (TPSA) is 78.0 Å². The first kappa shape index (κ1) is 24.7. The fourth-order valence-electron chi connectivity index (χ4n) is 4.75. The first-order valence-corrected chi connectivity index (χ1v) is 14.0. The molecule has 1 fully saturated rings. The van der Waals surface area contributed by atoms with Crippen molar-refractivity contribution >= 4 is 49.0 Å². The highest BCUT2D eigenvalue weighted by atomic mass is 79.9. The number of anilines is 2. The van der Waals surface area contributed by atoms with E-state index < -0.39 is 9.84 Å². The van der Waals surface area contributed by atoms with Crippen LogP contribution in [0.25, 0.3) is 0 Å². The van der Waals surface area contributed by atoms with Gasteiger partial charge in [-0.2, -0.15) is 0 Å². The maximum Gasteiger partial charge on any atom is 0.223 e. The number of hydrogen-bond acceptors (Lipinski definition) is 5. The lowest BCUT2D eigenvalue weighted by molar-refractivity contribution is -0.131. The number of nitrogens with zero attached hydrogens (tertiary/aromatic N) is 3. The summed E-state index contributed by atoms with van der Waals surface area (Å²) in [6.45, 7) is 7.99. The van der Waals surface area contributed by atoms with Crippen LogP contribution < -0.4 is 9.80 Å². The summed E-state index contributed by atoms with van der Waals surface area (Å²) in [6, 6.07) is 11.8. The molecule has 1 atom stereocenters. The van der Waals surface area contributed by atoms with Gasteiger partial charge in [-0.15, -0.1) is 0 Å². The van der Waals surface area contributed by atoms with Crippen molar-refractivity contribution in [1.82, 2.24) is 4.90 Å². The van der Waals surface area contributed by atoms with E-state index in [-0.39, 0.29) is 34.9 Å². The Morgan fingerprint density at radius 2 is 1.79 bits per heavy atom. The molecule has 182 valence electrons. The van der Waals surface area contributed by atoms with Crippen LogP contribution in [-0.2, 0) is 25.8 Å². The van der Waals surface area contributed by atoms with Gasteiger partial charge >= 0.3 is 0 Å². The number of amides is 2. The molecule has 34 heavy (non-hydrogen) atoms. The Hall–Kier alpha value is -2.39. The molecule has 2 aromatic carbocycles. The smallest absolute Gasteiger partial charge is 0.223 e. The molecule has 4 rings (SSSR count). The fraction of sp³-hybridized carbons (Fsp3) is 0.440. The summed E-state index contributed by atoms with van der Waals surface area (Å²) in [5, 5.41) is 0. The van der Waals surface area contributed by atoms with Gasteiger partial charge in [0.05, 0.1) is 10.6 Å². The monoisotopic (exact) mass is 547 g/mol. The lowest BCUT2D eigenvalue weighted by Gasteiger charge is -2.41. The molecule has 2 heterocycles. The minimum absolute atomic E-state index is 0.0699. The number of sulfone groups is 1. The first-order chi connectivity index (χ1) is 16.1. The largest absolute Gasteiger partial charge is 0.365 e. The van der Waals surface area contributed by atoms with Gasteiger partial charge in [-0.05, 0) is 66.0 Å². The number of benzene rings is 2. The average molecular weight is 549 g/mol. The summed E-state index contributed by atoms with van der Waals surface area (Å²) in [5.74, 6) is -0.532. The Morgan fingerprint density at radius 1 is 1.09 bits per heavy atom. The summed E-state index contributed by atoms with van der Waals surface area (Å²) in [4.78, 5) is 30.6. The molecule has 0 N–H and O–H groups in total. The van der Waals surface area contributed by atoms with Gasteiger partial charge in [0, 0.05) is 61.4 Å². The van der Waals surface area contributed by atoms with E-state index in [4.69, 9.17) is 0 Å². The van der Waals surface area contributed by atoms with Gasteiger partial charge in [0.15, 0.2) is 9.84 Å². The molecule has 2 aromatic rings. The van der Waals surface area contributed by atoms with Crippen molar-refractivity contribution in [2.24, 2.45) is 0 Å². The summed E-state index contributed by atoms with van der Waals surface area (Å²) in [7, 11) is -3.71. The molecule has 2 aliphatic rings. The van der Waals surface area contributed by atoms with Gasteiger partial charge in [-0.3, -0.25) is 9.59 Å². The predicted molar refractivity (Wildman–Crippen MR) is 137 cm³/mol. The molecule has 7 nitrogen and oxygen atoms in total. The number of halogens is 1. The quantitative estimate of drug-likeness (QED) is 0.571. The summed E-state index contributed by atoms with van der Waals surface area (Å²) in [6.07, 6.45) is 0.624. The Morgan fingerprint density at radius 3 is 2.44 bits per heavy atom. The van der Waals surface area contributed by atoms with E-state index in [1.54, 1.807) is 21.9 Å². The Labute approximate surface area is 209 Å². The molecule has 0 aromatic heterocycles. The number of fused-ring (bicyclic) bond motifs is 1. The Kier molecular flexibility index (Phi) is 7.05. The van der Waals surface area contributed by atoms with E-state index in [0.717, 1.165) is 11.3 Å². The number of piperazine rings is 1. The van der Waals surface area contributed by atoms with Gasteiger partial charge in [-0.25, -0.2) is 8.42 Å². The predicted octanol–water partition coefficient (Wildman–Crippen LogP) is 3.57. The molecule has 0 radical (unpaired) electrons. The SMILES string of the molecule is CC(=O)N1CCc2cc(Br)c(S(=O)(=O)CCC(=O)N3CCN(c4ccc(C)cc4)[C@@H](C)C3)cc21. The average Bonchev–Trinajstić information content (AvgIpc) is 3.20. The van der Waals surface area contributed by atoms with Crippen molar-refractivity contribution in [2.45, 2.75) is 44.6 Å². The lowest BCUT2D eigenvalue weighted by Crippen LogP contribution is -2.54. The summed E-state index contributed by atoms with van der Waals surface area (Å²) < 4.78 is 26.7. The molecule has 0 saturated carbocycles. The molecule has 0 aliphatic carbocycles. The second-order valence-corrected chi connectivity index (χ2v) is 12.1. The van der Waals surface area contributed by atoms with Crippen molar-refractivity contribution in [1.29, 1.82) is 0 Å². The number of hydrogen-bond donors (Lipinski definition) is 0. The number of aryl methyl sites for hydroxylation is 1. The second kappa shape index (κ2) is 9.70. The van der Waals surface area contributed by atoms with Crippen molar-refractivity contribution in [2.75, 3.05) is 41.7 Å². The highest BCUT2D eigenvalue weighted by Gasteiger charge is 2.30. The van der Waals surface area contributed by atoms with Gasteiger partial charge in [0.2, 0.25) is 11.8 Å². The van der Waals surface area contributed by atoms with E-state index in [2.05, 4.69) is 58.9 Å². The van der Waals surface area contributed by atoms with Gasteiger partial charge < -0.3 is 14.7 Å². The van der Waals surface area contributed by atoms with Crippen LogP contribution in [0.4, 0.5) is 11.4 Å². The van der Waals surface area contributed by atoms with Crippen molar-refractivity contribution in [3.8, 4) is 0 Å². The molecule has 9 heteroatoms. The van der Waals surface area contributed by atoms with Gasteiger partial charge in [-0.1, -0.05) is 17.7 Å². The molecular weight excluding hydrogens is 518 g/mol. The maximum atomic E-state index is 13.1. The number of carbonyl (C=O) groups excluding carboxylic acids is 2. The van der Waals surface area contributed by atoms with Crippen LogP contribution in [0.2, 0.25) is 0 Å².